The Morgan fingerprint density at radius 1 is 0.585 bits per heavy atom. The molecule has 9 aromatic rings. The molecule has 0 N–H and O–H groups in total. The zero-order valence-electron chi connectivity index (χ0n) is 37.9. The number of fused-ring (bicyclic) bond motifs is 4. The van der Waals surface area contributed by atoms with Crippen molar-refractivity contribution >= 4 is 44.6 Å². The standard InChI is InChI=1S/C58H50FN4O.Pt/c1-37-28-41(39-14-10-9-11-15-39)29-38(2)56(37)40-26-27-60-55(30-40)63-51-25-21-44(59)33-50(51)49-23-22-48(35-53(49)63)64-47-19-13-18-46(34-47)61-36-62(45-17-12-16-42(31-45)57(3,4)5)54-32-43(58(6,7)8)20-24-52(54)61;/h9-33,36H,1-8H3;/q-3;. The van der Waals surface area contributed by atoms with Crippen molar-refractivity contribution in [3.8, 4) is 39.6 Å². The quantitative estimate of drug-likeness (QED) is 0.149. The number of anilines is 4. The number of hydrogen-bond donors (Lipinski definition) is 0. The number of aromatic nitrogens is 2. The smallest absolute Gasteiger partial charge is 0.136 e. The van der Waals surface area contributed by atoms with Crippen LogP contribution in [-0.4, -0.2) is 9.55 Å². The second-order valence-electron chi connectivity index (χ2n) is 18.9. The first kappa shape index (κ1) is 43.7. The molecule has 0 amide bonds. The second kappa shape index (κ2) is 16.8. The molecule has 3 heterocycles. The van der Waals surface area contributed by atoms with Crippen LogP contribution in [-0.2, 0) is 31.9 Å². The molecule has 0 fully saturated rings. The van der Waals surface area contributed by atoms with Gasteiger partial charge in [-0.1, -0.05) is 108 Å². The summed E-state index contributed by atoms with van der Waals surface area (Å²) in [6.45, 7) is 19.9. The number of hydrogen-bond acceptors (Lipinski definition) is 4. The van der Waals surface area contributed by atoms with Gasteiger partial charge >= 0.3 is 0 Å². The van der Waals surface area contributed by atoms with Gasteiger partial charge in [-0.15, -0.1) is 48.1 Å². The van der Waals surface area contributed by atoms with E-state index in [0.29, 0.717) is 17.3 Å². The van der Waals surface area contributed by atoms with E-state index in [0.717, 1.165) is 55.7 Å². The summed E-state index contributed by atoms with van der Waals surface area (Å²) in [7, 11) is 0. The van der Waals surface area contributed by atoms with Crippen LogP contribution in [0.2, 0.25) is 0 Å². The van der Waals surface area contributed by atoms with E-state index in [9.17, 15) is 4.39 Å². The molecule has 1 aliphatic heterocycles. The third kappa shape index (κ3) is 8.26. The molecule has 0 unspecified atom stereocenters. The first-order chi connectivity index (χ1) is 30.7. The Hall–Kier alpha value is -6.49. The summed E-state index contributed by atoms with van der Waals surface area (Å²) in [5, 5.41) is 1.62. The van der Waals surface area contributed by atoms with Gasteiger partial charge in [-0.3, -0.25) is 0 Å². The number of ether oxygens (including phenoxy) is 1. The van der Waals surface area contributed by atoms with Gasteiger partial charge in [-0.25, -0.2) is 9.37 Å². The largest absolute Gasteiger partial charge is 0.509 e. The summed E-state index contributed by atoms with van der Waals surface area (Å²) in [6.07, 6.45) is 1.84. The molecule has 0 atom stereocenters. The summed E-state index contributed by atoms with van der Waals surface area (Å²) in [5.74, 6) is 1.44. The number of pyridine rings is 1. The zero-order valence-corrected chi connectivity index (χ0v) is 40.2. The average Bonchev–Trinajstić information content (AvgIpc) is 3.81. The molecule has 7 aromatic carbocycles. The van der Waals surface area contributed by atoms with Crippen molar-refractivity contribution in [1.29, 1.82) is 0 Å². The van der Waals surface area contributed by atoms with Crippen LogP contribution in [0.1, 0.15) is 63.8 Å². The van der Waals surface area contributed by atoms with Crippen molar-refractivity contribution in [2.24, 2.45) is 0 Å². The van der Waals surface area contributed by atoms with Crippen molar-refractivity contribution in [2.75, 3.05) is 9.80 Å². The third-order valence-electron chi connectivity index (χ3n) is 12.3. The predicted molar refractivity (Wildman–Crippen MR) is 262 cm³/mol. The maximum Gasteiger partial charge on any atom is 0.136 e. The fourth-order valence-electron chi connectivity index (χ4n) is 9.01. The molecule has 2 aromatic heterocycles. The van der Waals surface area contributed by atoms with Crippen LogP contribution in [0.5, 0.6) is 11.5 Å². The van der Waals surface area contributed by atoms with E-state index >= 15 is 0 Å². The fourth-order valence-corrected chi connectivity index (χ4v) is 9.01. The van der Waals surface area contributed by atoms with Gasteiger partial charge in [0.25, 0.3) is 0 Å². The Bertz CT molecular complexity index is 3230. The number of benzene rings is 7. The Morgan fingerprint density at radius 2 is 1.31 bits per heavy atom. The van der Waals surface area contributed by atoms with Crippen LogP contribution >= 0.6 is 0 Å². The van der Waals surface area contributed by atoms with Gasteiger partial charge in [0.1, 0.15) is 11.6 Å². The van der Waals surface area contributed by atoms with Crippen molar-refractivity contribution in [3.05, 3.63) is 199 Å². The van der Waals surface area contributed by atoms with Crippen LogP contribution in [0, 0.1) is 38.5 Å². The minimum Gasteiger partial charge on any atom is -0.509 e. The minimum absolute atomic E-state index is 0. The summed E-state index contributed by atoms with van der Waals surface area (Å²) in [4.78, 5) is 9.34. The van der Waals surface area contributed by atoms with E-state index in [4.69, 9.17) is 9.72 Å². The predicted octanol–water partition coefficient (Wildman–Crippen LogP) is 15.7. The van der Waals surface area contributed by atoms with Gasteiger partial charge in [0, 0.05) is 61.3 Å². The average molecular weight is 1030 g/mol. The SMILES string of the molecule is Cc1cc(-c2ccccc2)cc(C)c1-c1ccnc(-n2c3[c-]c(Oc4[c-]c(N5[CH-]N(c6cccc(C(C)(C)C)c6)c6cc(C(C)(C)C)ccc65)ccc4)ccc3c3cc(F)ccc32)c1.[Pt]. The third-order valence-corrected chi connectivity index (χ3v) is 12.3. The van der Waals surface area contributed by atoms with Gasteiger partial charge in [0.05, 0.1) is 0 Å². The maximum atomic E-state index is 14.9. The molecule has 65 heavy (non-hydrogen) atoms. The molecule has 0 spiro atoms. The summed E-state index contributed by atoms with van der Waals surface area (Å²) in [6, 6.07) is 56.5. The zero-order chi connectivity index (χ0) is 44.5. The van der Waals surface area contributed by atoms with Crippen molar-refractivity contribution in [2.45, 2.75) is 66.2 Å². The first-order valence-corrected chi connectivity index (χ1v) is 21.9. The Kier molecular flexibility index (Phi) is 11.3. The van der Waals surface area contributed by atoms with E-state index in [2.05, 4.69) is 186 Å². The van der Waals surface area contributed by atoms with E-state index in [1.165, 1.54) is 39.4 Å². The topological polar surface area (TPSA) is 33.5 Å². The van der Waals surface area contributed by atoms with Crippen LogP contribution in [0.15, 0.2) is 152 Å². The molecule has 5 nitrogen and oxygen atoms in total. The fraction of sp³-hybridized carbons (Fsp3) is 0.172. The number of rotatable bonds is 7. The Labute approximate surface area is 396 Å². The van der Waals surface area contributed by atoms with Crippen molar-refractivity contribution in [3.63, 3.8) is 0 Å². The van der Waals surface area contributed by atoms with E-state index < -0.39 is 0 Å². The molecule has 0 bridgehead atoms. The molecule has 0 aliphatic carbocycles. The normalized spacial score (nSPS) is 12.8. The molecule has 1 aliphatic rings. The maximum absolute atomic E-state index is 14.9. The summed E-state index contributed by atoms with van der Waals surface area (Å²) >= 11 is 0. The molecule has 0 saturated carbocycles. The summed E-state index contributed by atoms with van der Waals surface area (Å²) in [5.41, 5.74) is 15.1. The van der Waals surface area contributed by atoms with Crippen LogP contribution in [0.25, 0.3) is 49.9 Å². The molecular weight excluding hydrogens is 983 g/mol. The molecule has 0 saturated heterocycles. The number of halogens is 1. The van der Waals surface area contributed by atoms with E-state index in [1.807, 2.05) is 42.6 Å². The monoisotopic (exact) mass is 1030 g/mol. The van der Waals surface area contributed by atoms with Gasteiger partial charge < -0.3 is 19.1 Å². The van der Waals surface area contributed by atoms with Gasteiger partial charge in [0.2, 0.25) is 0 Å². The van der Waals surface area contributed by atoms with Crippen molar-refractivity contribution in [1.82, 2.24) is 9.55 Å². The molecule has 10 rings (SSSR count). The minimum atomic E-state index is -0.305. The van der Waals surface area contributed by atoms with Gasteiger partial charge in [0.15, 0.2) is 0 Å². The van der Waals surface area contributed by atoms with E-state index in [1.54, 1.807) is 6.07 Å². The molecule has 0 radical (unpaired) electrons. The molecule has 7 heteroatoms. The van der Waals surface area contributed by atoms with Crippen LogP contribution in [0.3, 0.4) is 0 Å². The number of nitrogens with zero attached hydrogens (tertiary/aromatic N) is 4. The van der Waals surface area contributed by atoms with Gasteiger partial charge in [-0.05, 0) is 129 Å². The number of aryl methyl sites for hydroxylation is 2. The Morgan fingerprint density at radius 3 is 2.06 bits per heavy atom. The molecule has 328 valence electrons. The van der Waals surface area contributed by atoms with Crippen LogP contribution in [0.4, 0.5) is 27.1 Å². The van der Waals surface area contributed by atoms with Crippen molar-refractivity contribution < 1.29 is 30.2 Å². The Balaban J connectivity index is 0.00000533. The first-order valence-electron chi connectivity index (χ1n) is 21.9. The second-order valence-corrected chi connectivity index (χ2v) is 18.9. The molecular formula is C58H50FN4OPt-3. The van der Waals surface area contributed by atoms with Gasteiger partial charge in [-0.2, -0.15) is 12.1 Å². The van der Waals surface area contributed by atoms with E-state index in [-0.39, 0.29) is 37.7 Å². The van der Waals surface area contributed by atoms with Crippen LogP contribution < -0.4 is 14.5 Å². The summed E-state index contributed by atoms with van der Waals surface area (Å²) < 4.78 is 23.6.